The minimum Gasteiger partial charge on any atom is -0.493 e. The topological polar surface area (TPSA) is 160 Å². The first-order valence-corrected chi connectivity index (χ1v) is 18.7. The van der Waals surface area contributed by atoms with Crippen molar-refractivity contribution in [2.24, 2.45) is 17.6 Å². The summed E-state index contributed by atoms with van der Waals surface area (Å²) in [6.45, 7) is 1.64. The number of anilines is 1. The molecule has 0 saturated heterocycles. The van der Waals surface area contributed by atoms with Crippen LogP contribution in [0, 0.1) is 11.8 Å². The van der Waals surface area contributed by atoms with Crippen molar-refractivity contribution in [2.75, 3.05) is 61.1 Å². The number of nitrogens with one attached hydrogen (secondary N) is 1. The quantitative estimate of drug-likeness (QED) is 0.0883. The van der Waals surface area contributed by atoms with Crippen LogP contribution in [0.25, 0.3) is 34.2 Å². The zero-order chi connectivity index (χ0) is 40.2. The largest absolute Gasteiger partial charge is 0.493 e. The van der Waals surface area contributed by atoms with Crippen molar-refractivity contribution >= 4 is 53.1 Å². The molecule has 56 heavy (non-hydrogen) atoms. The Labute approximate surface area is 333 Å². The third kappa shape index (κ3) is 10.3. The Kier molecular flexibility index (Phi) is 15.1. The van der Waals surface area contributed by atoms with E-state index < -0.39 is 7.12 Å². The molecule has 1 aromatic heterocycles. The summed E-state index contributed by atoms with van der Waals surface area (Å²) in [5.74, 6) is 5.68. The molecule has 1 aliphatic carbocycles. The average Bonchev–Trinajstić information content (AvgIpc) is 3.23. The molecule has 4 aromatic carbocycles. The molecule has 1 saturated carbocycles. The van der Waals surface area contributed by atoms with Gasteiger partial charge in [-0.1, -0.05) is 48.4 Å². The molecule has 1 heterocycles. The zero-order valence-corrected chi connectivity index (χ0v) is 33.4. The van der Waals surface area contributed by atoms with Crippen LogP contribution in [0.5, 0.6) is 34.5 Å². The summed E-state index contributed by atoms with van der Waals surface area (Å²) in [5.41, 5.74) is 10.1. The number of nitrogens with zero attached hydrogens (tertiary/aromatic N) is 2. The fourth-order valence-corrected chi connectivity index (χ4v) is 6.99. The number of ether oxygens (including phenoxy) is 6. The number of nitrogens with two attached hydrogens (primary N) is 1. The smallest absolute Gasteiger partial charge is 0.488 e. The molecular formula is C42H50BClN4O8. The SMILES string of the molecule is COc1cc(-c2ccc(C=Cc3nc(NCC4CCCC(CN)C4)c4ccc(Cl)cc4n3)cc2)cc(OC)c1OC.COc1cc(B(O)O)cc(OC)c1OC. The number of aromatic nitrogens is 2. The van der Waals surface area contributed by atoms with Crippen LogP contribution in [0.2, 0.25) is 5.02 Å². The van der Waals surface area contributed by atoms with Gasteiger partial charge in [0.1, 0.15) is 5.82 Å². The first-order valence-electron chi connectivity index (χ1n) is 18.3. The second kappa shape index (κ2) is 20.1. The molecule has 2 unspecified atom stereocenters. The van der Waals surface area contributed by atoms with E-state index in [1.54, 1.807) is 21.3 Å². The molecule has 296 valence electrons. The highest BCUT2D eigenvalue weighted by Gasteiger charge is 2.22. The van der Waals surface area contributed by atoms with Crippen molar-refractivity contribution in [3.63, 3.8) is 0 Å². The van der Waals surface area contributed by atoms with E-state index in [0.29, 0.717) is 57.2 Å². The van der Waals surface area contributed by atoms with Gasteiger partial charge in [0.2, 0.25) is 11.5 Å². The van der Waals surface area contributed by atoms with E-state index in [2.05, 4.69) is 29.6 Å². The lowest BCUT2D eigenvalue weighted by molar-refractivity contribution is 0.281. The van der Waals surface area contributed by atoms with Crippen molar-refractivity contribution in [3.05, 3.63) is 83.1 Å². The summed E-state index contributed by atoms with van der Waals surface area (Å²) in [5, 5.41) is 23.3. The monoisotopic (exact) mass is 784 g/mol. The number of halogens is 1. The van der Waals surface area contributed by atoms with E-state index in [0.717, 1.165) is 52.9 Å². The second-order valence-corrected chi connectivity index (χ2v) is 13.7. The summed E-state index contributed by atoms with van der Waals surface area (Å²) in [7, 11) is 7.67. The minimum absolute atomic E-state index is 0.282. The minimum atomic E-state index is -1.57. The Bertz CT molecular complexity index is 2050. The van der Waals surface area contributed by atoms with Gasteiger partial charge in [-0.05, 0) is 108 Å². The lowest BCUT2D eigenvalue weighted by Crippen LogP contribution is -2.30. The summed E-state index contributed by atoms with van der Waals surface area (Å²) in [6.07, 6.45) is 8.81. The molecule has 1 aliphatic rings. The Morgan fingerprint density at radius 2 is 1.32 bits per heavy atom. The van der Waals surface area contributed by atoms with Crippen molar-refractivity contribution in [3.8, 4) is 45.6 Å². The zero-order valence-electron chi connectivity index (χ0n) is 32.7. The van der Waals surface area contributed by atoms with Gasteiger partial charge in [0.25, 0.3) is 0 Å². The van der Waals surface area contributed by atoms with Crippen LogP contribution in [0.1, 0.15) is 37.1 Å². The molecule has 0 spiro atoms. The predicted molar refractivity (Wildman–Crippen MR) is 224 cm³/mol. The molecule has 0 radical (unpaired) electrons. The summed E-state index contributed by atoms with van der Waals surface area (Å²) < 4.78 is 31.6. The highest BCUT2D eigenvalue weighted by Crippen LogP contribution is 2.41. The fourth-order valence-electron chi connectivity index (χ4n) is 6.83. The van der Waals surface area contributed by atoms with E-state index in [9.17, 15) is 0 Å². The van der Waals surface area contributed by atoms with Crippen LogP contribution in [0.4, 0.5) is 5.82 Å². The molecule has 5 N–H and O–H groups in total. The van der Waals surface area contributed by atoms with Gasteiger partial charge in [-0.2, -0.15) is 0 Å². The average molecular weight is 785 g/mol. The van der Waals surface area contributed by atoms with E-state index in [1.807, 2.05) is 42.5 Å². The Hall–Kier alpha value is -5.21. The van der Waals surface area contributed by atoms with Crippen molar-refractivity contribution in [1.29, 1.82) is 0 Å². The molecule has 1 fully saturated rings. The first kappa shape index (κ1) is 41.9. The number of benzene rings is 4. The van der Waals surface area contributed by atoms with Crippen LogP contribution in [0.3, 0.4) is 0 Å². The summed E-state index contributed by atoms with van der Waals surface area (Å²) >= 11 is 6.31. The Balaban J connectivity index is 0.000000337. The van der Waals surface area contributed by atoms with Crippen LogP contribution in [0.15, 0.2) is 66.7 Å². The third-order valence-electron chi connectivity index (χ3n) is 9.78. The molecule has 5 aromatic rings. The molecular weight excluding hydrogens is 735 g/mol. The van der Waals surface area contributed by atoms with Gasteiger partial charge in [-0.25, -0.2) is 9.97 Å². The number of hydrogen-bond donors (Lipinski definition) is 4. The van der Waals surface area contributed by atoms with Crippen LogP contribution < -0.4 is 44.9 Å². The standard InChI is InChI=1S/C33H37ClN4O3.C9H13BO5/c1-39-29-16-25(17-30(40-2)32(29)41-3)24-10-7-21(8-11-24)9-14-31-37-28-18-26(34)12-13-27(28)33(38-31)36-20-23-6-4-5-22(15-23)19-35;1-13-7-4-6(10(11)12)5-8(14-2)9(7)15-3/h7-14,16-18,22-23H,4-6,15,19-20,35H2,1-3H3,(H,36,37,38);4-5,11-12H,1-3H3. The van der Waals surface area contributed by atoms with Gasteiger partial charge in [0, 0.05) is 17.0 Å². The summed E-state index contributed by atoms with van der Waals surface area (Å²) in [6, 6.07) is 20.8. The van der Waals surface area contributed by atoms with Gasteiger partial charge in [-0.3, -0.25) is 0 Å². The number of methoxy groups -OCH3 is 6. The third-order valence-corrected chi connectivity index (χ3v) is 10.0. The van der Waals surface area contributed by atoms with Crippen LogP contribution in [-0.4, -0.2) is 82.9 Å². The van der Waals surface area contributed by atoms with Crippen LogP contribution >= 0.6 is 11.6 Å². The lowest BCUT2D eigenvalue weighted by Gasteiger charge is -2.28. The number of hydrogen-bond acceptors (Lipinski definition) is 12. The molecule has 0 aliphatic heterocycles. The molecule has 0 bridgehead atoms. The van der Waals surface area contributed by atoms with Crippen molar-refractivity contribution in [2.45, 2.75) is 25.7 Å². The van der Waals surface area contributed by atoms with E-state index >= 15 is 0 Å². The normalized spacial score (nSPS) is 15.1. The maximum absolute atomic E-state index is 9.03. The number of fused-ring (bicyclic) bond motifs is 1. The molecule has 12 nitrogen and oxygen atoms in total. The molecule has 14 heteroatoms. The second-order valence-electron chi connectivity index (χ2n) is 13.3. The number of rotatable bonds is 14. The summed E-state index contributed by atoms with van der Waals surface area (Å²) in [4.78, 5) is 9.65. The van der Waals surface area contributed by atoms with Crippen LogP contribution in [-0.2, 0) is 0 Å². The Morgan fingerprint density at radius 3 is 1.88 bits per heavy atom. The van der Waals surface area contributed by atoms with Gasteiger partial charge in [0.15, 0.2) is 28.8 Å². The first-order chi connectivity index (χ1) is 27.1. The van der Waals surface area contributed by atoms with Gasteiger partial charge < -0.3 is 49.5 Å². The van der Waals surface area contributed by atoms with E-state index in [4.69, 9.17) is 65.8 Å². The Morgan fingerprint density at radius 1 is 0.732 bits per heavy atom. The predicted octanol–water partition coefficient (Wildman–Crippen LogP) is 6.72. The molecule has 0 amide bonds. The maximum Gasteiger partial charge on any atom is 0.488 e. The fraction of sp³-hybridized carbons (Fsp3) is 0.333. The molecule has 6 rings (SSSR count). The highest BCUT2D eigenvalue weighted by atomic mass is 35.5. The van der Waals surface area contributed by atoms with Gasteiger partial charge in [-0.15, -0.1) is 0 Å². The van der Waals surface area contributed by atoms with Crippen molar-refractivity contribution in [1.82, 2.24) is 9.97 Å². The van der Waals surface area contributed by atoms with E-state index in [1.165, 1.54) is 52.7 Å². The van der Waals surface area contributed by atoms with E-state index in [-0.39, 0.29) is 5.46 Å². The maximum atomic E-state index is 9.03. The van der Waals surface area contributed by atoms with Crippen molar-refractivity contribution < 1.29 is 38.5 Å². The lowest BCUT2D eigenvalue weighted by atomic mass is 9.80. The highest BCUT2D eigenvalue weighted by molar-refractivity contribution is 6.58. The van der Waals surface area contributed by atoms with Gasteiger partial charge >= 0.3 is 7.12 Å². The molecule has 2 atom stereocenters. The van der Waals surface area contributed by atoms with Gasteiger partial charge in [0.05, 0.1) is 48.2 Å².